The Morgan fingerprint density at radius 3 is 2.00 bits per heavy atom. The van der Waals surface area contributed by atoms with Crippen molar-refractivity contribution in [3.63, 3.8) is 0 Å². The topological polar surface area (TPSA) is 40.6 Å². The third-order valence-corrected chi connectivity index (χ3v) is 2.85. The van der Waals surface area contributed by atoms with E-state index in [0.29, 0.717) is 11.3 Å². The molecule has 0 aliphatic heterocycles. The van der Waals surface area contributed by atoms with Crippen molar-refractivity contribution in [1.82, 2.24) is 4.90 Å². The van der Waals surface area contributed by atoms with Crippen LogP contribution < -0.4 is 15.8 Å². The highest BCUT2D eigenvalue weighted by Gasteiger charge is 2.19. The van der Waals surface area contributed by atoms with Crippen LogP contribution in [0.2, 0.25) is 0 Å². The predicted octanol–water partition coefficient (Wildman–Crippen LogP) is 0.369. The molecule has 4 nitrogen and oxygen atoms in total. The molecule has 0 aliphatic carbocycles. The summed E-state index contributed by atoms with van der Waals surface area (Å²) in [5, 5.41) is 0. The van der Waals surface area contributed by atoms with E-state index in [0.717, 1.165) is 25.9 Å². The van der Waals surface area contributed by atoms with Crippen LogP contribution in [-0.4, -0.2) is 39.1 Å². The molecular formula is C12H20N2O2. The second-order valence-electron chi connectivity index (χ2n) is 4.56. The number of anilines is 1. The van der Waals surface area contributed by atoms with Gasteiger partial charge in [0.05, 0.1) is 5.69 Å². The molecule has 0 saturated heterocycles. The molecule has 0 fully saturated rings. The Morgan fingerprint density at radius 1 is 0.938 bits per heavy atom. The summed E-state index contributed by atoms with van der Waals surface area (Å²) in [5.74, 6) is 0. The lowest BCUT2D eigenvalue weighted by atomic mass is 10.1. The number of hydrogen-bond donors (Lipinski definition) is 0. The minimum Gasteiger partial charge on any atom is -0.371 e. The SMILES string of the molecule is Cc1c(N(C)CCCCN(C)C)c(=O)c1=O. The fraction of sp³-hybridized carbons (Fsp3) is 0.667. The van der Waals surface area contributed by atoms with E-state index in [-0.39, 0.29) is 10.9 Å². The zero-order valence-electron chi connectivity index (χ0n) is 10.5. The first-order chi connectivity index (χ1) is 7.45. The van der Waals surface area contributed by atoms with Gasteiger partial charge in [-0.05, 0) is 40.4 Å². The second-order valence-corrected chi connectivity index (χ2v) is 4.56. The maximum atomic E-state index is 11.3. The number of rotatable bonds is 6. The number of nitrogens with zero attached hydrogens (tertiary/aromatic N) is 2. The van der Waals surface area contributed by atoms with E-state index < -0.39 is 0 Å². The predicted molar refractivity (Wildman–Crippen MR) is 67.1 cm³/mol. The van der Waals surface area contributed by atoms with E-state index in [4.69, 9.17) is 0 Å². The van der Waals surface area contributed by atoms with E-state index >= 15 is 0 Å². The smallest absolute Gasteiger partial charge is 0.249 e. The zero-order valence-corrected chi connectivity index (χ0v) is 10.5. The van der Waals surface area contributed by atoms with Crippen molar-refractivity contribution < 1.29 is 0 Å². The Balaban J connectivity index is 2.40. The van der Waals surface area contributed by atoms with Crippen molar-refractivity contribution in [2.45, 2.75) is 19.8 Å². The van der Waals surface area contributed by atoms with Gasteiger partial charge in [-0.1, -0.05) is 0 Å². The van der Waals surface area contributed by atoms with Crippen molar-refractivity contribution in [1.29, 1.82) is 0 Å². The highest BCUT2D eigenvalue weighted by atomic mass is 16.2. The normalized spacial score (nSPS) is 11.3. The van der Waals surface area contributed by atoms with E-state index in [1.165, 1.54) is 0 Å². The Morgan fingerprint density at radius 2 is 1.50 bits per heavy atom. The largest absolute Gasteiger partial charge is 0.371 e. The summed E-state index contributed by atoms with van der Waals surface area (Å²) in [6.45, 7) is 3.60. The molecule has 0 spiro atoms. The zero-order chi connectivity index (χ0) is 12.3. The average Bonchev–Trinajstić information content (AvgIpc) is 2.24. The second kappa shape index (κ2) is 5.25. The third kappa shape index (κ3) is 2.70. The molecule has 0 radical (unpaired) electrons. The van der Waals surface area contributed by atoms with Gasteiger partial charge in [-0.3, -0.25) is 9.59 Å². The van der Waals surface area contributed by atoms with Crippen molar-refractivity contribution in [3.8, 4) is 0 Å². The van der Waals surface area contributed by atoms with E-state index in [2.05, 4.69) is 4.90 Å². The molecule has 0 saturated carbocycles. The van der Waals surface area contributed by atoms with Gasteiger partial charge in [0.15, 0.2) is 0 Å². The van der Waals surface area contributed by atoms with Crippen LogP contribution in [0.3, 0.4) is 0 Å². The first-order valence-corrected chi connectivity index (χ1v) is 5.61. The molecule has 0 bridgehead atoms. The van der Waals surface area contributed by atoms with Crippen LogP contribution in [0.1, 0.15) is 18.4 Å². The fourth-order valence-corrected chi connectivity index (χ4v) is 1.84. The van der Waals surface area contributed by atoms with Crippen LogP contribution in [0.15, 0.2) is 9.59 Å². The molecule has 1 aromatic rings. The molecule has 0 aromatic heterocycles. The third-order valence-electron chi connectivity index (χ3n) is 2.85. The summed E-state index contributed by atoms with van der Waals surface area (Å²) in [5.41, 5.74) is 0.567. The van der Waals surface area contributed by atoms with Crippen molar-refractivity contribution in [2.75, 3.05) is 39.1 Å². The average molecular weight is 224 g/mol. The van der Waals surface area contributed by atoms with Gasteiger partial charge in [0.25, 0.3) is 0 Å². The van der Waals surface area contributed by atoms with E-state index in [9.17, 15) is 9.59 Å². The maximum absolute atomic E-state index is 11.3. The summed E-state index contributed by atoms with van der Waals surface area (Å²) >= 11 is 0. The van der Waals surface area contributed by atoms with Crippen LogP contribution >= 0.6 is 0 Å². The Labute approximate surface area is 96.2 Å². The highest BCUT2D eigenvalue weighted by Crippen LogP contribution is 2.11. The lowest BCUT2D eigenvalue weighted by Gasteiger charge is -2.22. The fourth-order valence-electron chi connectivity index (χ4n) is 1.84. The molecule has 0 atom stereocenters. The van der Waals surface area contributed by atoms with E-state index in [1.54, 1.807) is 6.92 Å². The number of hydrogen-bond acceptors (Lipinski definition) is 4. The van der Waals surface area contributed by atoms with Crippen LogP contribution in [0.4, 0.5) is 5.69 Å². The summed E-state index contributed by atoms with van der Waals surface area (Å²) in [4.78, 5) is 26.4. The van der Waals surface area contributed by atoms with Gasteiger partial charge in [-0.15, -0.1) is 0 Å². The Kier molecular flexibility index (Phi) is 4.24. The van der Waals surface area contributed by atoms with Crippen molar-refractivity contribution in [2.24, 2.45) is 0 Å². The summed E-state index contributed by atoms with van der Waals surface area (Å²) < 4.78 is 0. The lowest BCUT2D eigenvalue weighted by Crippen LogP contribution is -2.41. The summed E-state index contributed by atoms with van der Waals surface area (Å²) in [7, 11) is 5.97. The monoisotopic (exact) mass is 224 g/mol. The Hall–Kier alpha value is -1.16. The summed E-state index contributed by atoms with van der Waals surface area (Å²) in [6, 6.07) is 0. The Bertz CT molecular complexity index is 417. The van der Waals surface area contributed by atoms with Gasteiger partial charge in [-0.25, -0.2) is 0 Å². The summed E-state index contributed by atoms with van der Waals surface area (Å²) in [6.07, 6.45) is 2.14. The van der Waals surface area contributed by atoms with Gasteiger partial charge < -0.3 is 9.80 Å². The minimum absolute atomic E-state index is 0.324. The molecule has 0 N–H and O–H groups in total. The minimum atomic E-state index is -0.326. The molecule has 1 rings (SSSR count). The number of unbranched alkanes of at least 4 members (excludes halogenated alkanes) is 1. The molecule has 4 heteroatoms. The van der Waals surface area contributed by atoms with Crippen molar-refractivity contribution >= 4 is 5.69 Å². The van der Waals surface area contributed by atoms with Gasteiger partial charge in [0.2, 0.25) is 10.9 Å². The first-order valence-electron chi connectivity index (χ1n) is 5.61. The maximum Gasteiger partial charge on any atom is 0.249 e. The molecule has 0 amide bonds. The lowest BCUT2D eigenvalue weighted by molar-refractivity contribution is 0.395. The van der Waals surface area contributed by atoms with Gasteiger partial charge >= 0.3 is 0 Å². The van der Waals surface area contributed by atoms with Crippen LogP contribution in [0.5, 0.6) is 0 Å². The van der Waals surface area contributed by atoms with Crippen molar-refractivity contribution in [3.05, 3.63) is 26.0 Å². The highest BCUT2D eigenvalue weighted by molar-refractivity contribution is 5.57. The van der Waals surface area contributed by atoms with Gasteiger partial charge in [0, 0.05) is 19.2 Å². The molecule has 16 heavy (non-hydrogen) atoms. The first kappa shape index (κ1) is 12.9. The standard InChI is InChI=1S/C12H20N2O2/c1-9-10(12(16)11(9)15)14(4)8-6-5-7-13(2)3/h5-8H2,1-4H3. The molecule has 0 unspecified atom stereocenters. The quantitative estimate of drug-likeness (QED) is 0.517. The van der Waals surface area contributed by atoms with Crippen LogP contribution in [0.25, 0.3) is 0 Å². The molecular weight excluding hydrogens is 204 g/mol. The molecule has 90 valence electrons. The molecule has 1 aromatic carbocycles. The molecule has 0 heterocycles. The van der Waals surface area contributed by atoms with Gasteiger partial charge in [-0.2, -0.15) is 0 Å². The molecule has 0 aliphatic rings. The van der Waals surface area contributed by atoms with E-state index in [1.807, 2.05) is 26.0 Å². The van der Waals surface area contributed by atoms with Crippen LogP contribution in [-0.2, 0) is 0 Å². The van der Waals surface area contributed by atoms with Gasteiger partial charge in [0.1, 0.15) is 0 Å². The van der Waals surface area contributed by atoms with Crippen LogP contribution in [0, 0.1) is 6.92 Å².